The third-order valence-electron chi connectivity index (χ3n) is 3.40. The molecule has 114 valence electrons. The number of carbonyl (C=O) groups is 1. The van der Waals surface area contributed by atoms with Crippen LogP contribution in [-0.4, -0.2) is 21.6 Å². The van der Waals surface area contributed by atoms with Crippen molar-refractivity contribution in [2.75, 3.05) is 11.1 Å². The number of benzene rings is 1. The van der Waals surface area contributed by atoms with E-state index in [-0.39, 0.29) is 17.3 Å². The number of hydrogen-bond donors (Lipinski definition) is 2. The molecule has 0 radical (unpaired) electrons. The molecule has 0 unspecified atom stereocenters. The van der Waals surface area contributed by atoms with Crippen molar-refractivity contribution in [2.45, 2.75) is 24.3 Å². The zero-order valence-electron chi connectivity index (χ0n) is 11.7. The van der Waals surface area contributed by atoms with Gasteiger partial charge in [0.1, 0.15) is 5.03 Å². The molecule has 0 atom stereocenters. The first-order valence-corrected chi connectivity index (χ1v) is 8.70. The molecule has 0 spiro atoms. The number of aromatic amines is 1. The van der Waals surface area contributed by atoms with Crippen molar-refractivity contribution < 1.29 is 4.79 Å². The van der Waals surface area contributed by atoms with Gasteiger partial charge < -0.3 is 10.3 Å². The van der Waals surface area contributed by atoms with Crippen molar-refractivity contribution in [1.29, 1.82) is 0 Å². The van der Waals surface area contributed by atoms with Crippen LogP contribution < -0.4 is 11.0 Å². The minimum absolute atomic E-state index is 0.110. The van der Waals surface area contributed by atoms with Crippen LogP contribution in [0.15, 0.2) is 38.6 Å². The molecule has 0 saturated heterocycles. The normalized spacial score (nSPS) is 13.0. The second-order valence-electron chi connectivity index (χ2n) is 5.00. The third-order valence-corrected chi connectivity index (χ3v) is 4.95. The smallest absolute Gasteiger partial charge is 0.325 e. The molecule has 5 nitrogen and oxygen atoms in total. The van der Waals surface area contributed by atoms with Crippen molar-refractivity contribution in [3.05, 3.63) is 50.5 Å². The largest absolute Gasteiger partial charge is 0.346 e. The van der Waals surface area contributed by atoms with Gasteiger partial charge in [-0.1, -0.05) is 27.7 Å². The standard InChI is InChI=1S/C15H14BrN3O2S/c16-9-4-6-10(7-5-9)17-13(20)8-22-14-11-2-1-3-12(11)18-15(21)19-14/h4-7H,1-3,8H2,(H,17,20)(H,18,19,21). The van der Waals surface area contributed by atoms with E-state index in [0.29, 0.717) is 5.03 Å². The van der Waals surface area contributed by atoms with E-state index < -0.39 is 0 Å². The van der Waals surface area contributed by atoms with E-state index in [4.69, 9.17) is 0 Å². The maximum Gasteiger partial charge on any atom is 0.346 e. The molecule has 0 aliphatic heterocycles. The molecule has 0 saturated carbocycles. The van der Waals surface area contributed by atoms with Crippen LogP contribution >= 0.6 is 27.7 Å². The monoisotopic (exact) mass is 379 g/mol. The zero-order chi connectivity index (χ0) is 15.5. The molecule has 3 rings (SSSR count). The molecular weight excluding hydrogens is 366 g/mol. The topological polar surface area (TPSA) is 74.8 Å². The fourth-order valence-corrected chi connectivity index (χ4v) is 3.57. The summed E-state index contributed by atoms with van der Waals surface area (Å²) in [6.45, 7) is 0. The van der Waals surface area contributed by atoms with Gasteiger partial charge in [-0.15, -0.1) is 0 Å². The van der Waals surface area contributed by atoms with Gasteiger partial charge in [0, 0.05) is 21.4 Å². The van der Waals surface area contributed by atoms with E-state index in [1.54, 1.807) is 0 Å². The summed E-state index contributed by atoms with van der Waals surface area (Å²) < 4.78 is 0.961. The average Bonchev–Trinajstić information content (AvgIpc) is 2.95. The van der Waals surface area contributed by atoms with Crippen molar-refractivity contribution >= 4 is 39.3 Å². The molecule has 2 N–H and O–H groups in total. The quantitative estimate of drug-likeness (QED) is 0.632. The Balaban J connectivity index is 1.64. The number of nitrogens with one attached hydrogen (secondary N) is 2. The molecule has 1 aromatic carbocycles. The Hall–Kier alpha value is -1.60. The lowest BCUT2D eigenvalue weighted by molar-refractivity contribution is -0.113. The van der Waals surface area contributed by atoms with Gasteiger partial charge >= 0.3 is 5.69 Å². The van der Waals surface area contributed by atoms with Gasteiger partial charge in [-0.05, 0) is 43.5 Å². The van der Waals surface area contributed by atoms with Gasteiger partial charge in [-0.25, -0.2) is 4.79 Å². The number of thioether (sulfide) groups is 1. The highest BCUT2D eigenvalue weighted by Crippen LogP contribution is 2.27. The van der Waals surface area contributed by atoms with Gasteiger partial charge in [-0.3, -0.25) is 4.79 Å². The zero-order valence-corrected chi connectivity index (χ0v) is 14.1. The summed E-state index contributed by atoms with van der Waals surface area (Å²) >= 11 is 4.67. The van der Waals surface area contributed by atoms with Crippen LogP contribution in [0.4, 0.5) is 5.69 Å². The summed E-state index contributed by atoms with van der Waals surface area (Å²) in [6, 6.07) is 7.40. The predicted molar refractivity (Wildman–Crippen MR) is 90.4 cm³/mol. The Labute approximate surface area is 140 Å². The average molecular weight is 380 g/mol. The summed E-state index contributed by atoms with van der Waals surface area (Å²) in [5.41, 5.74) is 2.46. The fourth-order valence-electron chi connectivity index (χ4n) is 2.42. The van der Waals surface area contributed by atoms with Crippen LogP contribution in [0.2, 0.25) is 0 Å². The van der Waals surface area contributed by atoms with Crippen LogP contribution in [0, 0.1) is 0 Å². The minimum atomic E-state index is -0.337. The number of aromatic nitrogens is 2. The SMILES string of the molecule is O=C(CSc1nc(=O)[nH]c2c1CCC2)Nc1ccc(Br)cc1. The van der Waals surface area contributed by atoms with Gasteiger partial charge in [0.05, 0.1) is 5.75 Å². The lowest BCUT2D eigenvalue weighted by Crippen LogP contribution is -2.17. The number of halogens is 1. The first-order chi connectivity index (χ1) is 10.6. The number of fused-ring (bicyclic) bond motifs is 1. The van der Waals surface area contributed by atoms with Gasteiger partial charge in [0.2, 0.25) is 5.91 Å². The number of nitrogens with zero attached hydrogens (tertiary/aromatic N) is 1. The van der Waals surface area contributed by atoms with Gasteiger partial charge in [0.15, 0.2) is 0 Å². The van der Waals surface area contributed by atoms with Crippen molar-refractivity contribution in [3.8, 4) is 0 Å². The number of anilines is 1. The van der Waals surface area contributed by atoms with Crippen molar-refractivity contribution in [1.82, 2.24) is 9.97 Å². The molecule has 1 aliphatic carbocycles. The highest BCUT2D eigenvalue weighted by atomic mass is 79.9. The lowest BCUT2D eigenvalue weighted by atomic mass is 10.3. The Morgan fingerprint density at radius 3 is 2.86 bits per heavy atom. The summed E-state index contributed by atoms with van der Waals surface area (Å²) in [5, 5.41) is 3.51. The first-order valence-electron chi connectivity index (χ1n) is 6.92. The molecule has 7 heteroatoms. The Morgan fingerprint density at radius 1 is 1.32 bits per heavy atom. The molecule has 22 heavy (non-hydrogen) atoms. The predicted octanol–water partition coefficient (Wildman–Crippen LogP) is 2.75. The minimum Gasteiger partial charge on any atom is -0.325 e. The van der Waals surface area contributed by atoms with E-state index >= 15 is 0 Å². The van der Waals surface area contributed by atoms with E-state index in [2.05, 4.69) is 31.2 Å². The second kappa shape index (κ2) is 6.66. The number of hydrogen-bond acceptors (Lipinski definition) is 4. The Morgan fingerprint density at radius 2 is 2.09 bits per heavy atom. The van der Waals surface area contributed by atoms with E-state index in [1.807, 2.05) is 24.3 Å². The van der Waals surface area contributed by atoms with Crippen LogP contribution in [0.5, 0.6) is 0 Å². The lowest BCUT2D eigenvalue weighted by Gasteiger charge is -2.07. The molecule has 0 fully saturated rings. The van der Waals surface area contributed by atoms with Crippen LogP contribution in [-0.2, 0) is 17.6 Å². The van der Waals surface area contributed by atoms with Crippen molar-refractivity contribution in [3.63, 3.8) is 0 Å². The summed E-state index contributed by atoms with van der Waals surface area (Å²) in [7, 11) is 0. The molecule has 2 aromatic rings. The number of amides is 1. The van der Waals surface area contributed by atoms with Gasteiger partial charge in [0.25, 0.3) is 0 Å². The van der Waals surface area contributed by atoms with E-state index in [1.165, 1.54) is 11.8 Å². The highest BCUT2D eigenvalue weighted by Gasteiger charge is 2.18. The van der Waals surface area contributed by atoms with Crippen molar-refractivity contribution in [2.24, 2.45) is 0 Å². The molecule has 1 aromatic heterocycles. The van der Waals surface area contributed by atoms with Crippen LogP contribution in [0.1, 0.15) is 17.7 Å². The van der Waals surface area contributed by atoms with E-state index in [9.17, 15) is 9.59 Å². The highest BCUT2D eigenvalue weighted by molar-refractivity contribution is 9.10. The molecule has 1 aliphatic rings. The second-order valence-corrected chi connectivity index (χ2v) is 6.88. The summed E-state index contributed by atoms with van der Waals surface area (Å²) in [6.07, 6.45) is 2.82. The summed E-state index contributed by atoms with van der Waals surface area (Å²) in [5.74, 6) is 0.125. The van der Waals surface area contributed by atoms with Crippen LogP contribution in [0.3, 0.4) is 0 Å². The first kappa shape index (κ1) is 15.3. The molecule has 1 amide bonds. The number of aryl methyl sites for hydroxylation is 1. The van der Waals surface area contributed by atoms with Crippen LogP contribution in [0.25, 0.3) is 0 Å². The number of rotatable bonds is 4. The maximum absolute atomic E-state index is 12.0. The summed E-state index contributed by atoms with van der Waals surface area (Å²) in [4.78, 5) is 30.3. The molecular formula is C15H14BrN3O2S. The Kier molecular flexibility index (Phi) is 4.63. The Bertz CT molecular complexity index is 758. The maximum atomic E-state index is 12.0. The molecule has 0 bridgehead atoms. The third kappa shape index (κ3) is 3.59. The number of carbonyl (C=O) groups excluding carboxylic acids is 1. The fraction of sp³-hybridized carbons (Fsp3) is 0.267. The van der Waals surface area contributed by atoms with E-state index in [0.717, 1.165) is 40.7 Å². The van der Waals surface area contributed by atoms with Gasteiger partial charge in [-0.2, -0.15) is 4.98 Å². The number of H-pyrrole nitrogens is 1. The molecule has 1 heterocycles.